The van der Waals surface area contributed by atoms with Crippen LogP contribution in [0.3, 0.4) is 0 Å². The van der Waals surface area contributed by atoms with Crippen LogP contribution in [0.25, 0.3) is 22.0 Å². The Morgan fingerprint density at radius 3 is 2.48 bits per heavy atom. The Balaban J connectivity index is 2.41. The summed E-state index contributed by atoms with van der Waals surface area (Å²) in [5, 5.41) is 10.2. The lowest BCUT2D eigenvalue weighted by Crippen LogP contribution is -2.12. The Bertz CT molecular complexity index is 984. The van der Waals surface area contributed by atoms with Crippen LogP contribution >= 0.6 is 0 Å². The number of hydrogen-bond donors (Lipinski definition) is 1. The molecule has 0 saturated carbocycles. The molecular formula is C18H14N2O3. The van der Waals surface area contributed by atoms with Gasteiger partial charge in [-0.15, -0.1) is 0 Å². The molecule has 1 aromatic heterocycles. The van der Waals surface area contributed by atoms with E-state index in [1.54, 1.807) is 32.4 Å². The lowest BCUT2D eigenvalue weighted by molar-refractivity contribution is 0.415. The molecule has 1 N–H and O–H groups in total. The maximum Gasteiger partial charge on any atom is 0.266 e. The van der Waals surface area contributed by atoms with E-state index < -0.39 is 5.56 Å². The van der Waals surface area contributed by atoms with Crippen molar-refractivity contribution in [2.45, 2.75) is 0 Å². The molecule has 0 spiro atoms. The molecule has 3 aromatic rings. The topological polar surface area (TPSA) is 75.1 Å². The molecule has 2 aromatic carbocycles. The van der Waals surface area contributed by atoms with E-state index in [9.17, 15) is 10.1 Å². The van der Waals surface area contributed by atoms with E-state index >= 15 is 0 Å². The number of aromatic nitrogens is 1. The molecule has 5 nitrogen and oxygen atoms in total. The standard InChI is InChI=1S/C18H14N2O3/c1-22-12-5-3-4-11(8-12)17-14-7-6-13(23-2)9-16(14)20-18(21)15(17)10-19/h3-9H,1-2H3,(H,20,21). The summed E-state index contributed by atoms with van der Waals surface area (Å²) < 4.78 is 10.4. The second-order valence-electron chi connectivity index (χ2n) is 4.96. The van der Waals surface area contributed by atoms with Crippen molar-refractivity contribution < 1.29 is 9.47 Å². The predicted molar refractivity (Wildman–Crippen MR) is 87.8 cm³/mol. The van der Waals surface area contributed by atoms with Crippen LogP contribution in [0.5, 0.6) is 11.5 Å². The molecule has 23 heavy (non-hydrogen) atoms. The van der Waals surface area contributed by atoms with Crippen molar-refractivity contribution in [1.29, 1.82) is 5.26 Å². The van der Waals surface area contributed by atoms with Gasteiger partial charge in [-0.3, -0.25) is 4.79 Å². The highest BCUT2D eigenvalue weighted by Crippen LogP contribution is 2.32. The van der Waals surface area contributed by atoms with Crippen molar-refractivity contribution in [1.82, 2.24) is 4.98 Å². The van der Waals surface area contributed by atoms with Gasteiger partial charge in [0, 0.05) is 17.0 Å². The number of fused-ring (bicyclic) bond motifs is 1. The monoisotopic (exact) mass is 306 g/mol. The first-order chi connectivity index (χ1) is 11.2. The second-order valence-corrected chi connectivity index (χ2v) is 4.96. The number of nitrogens with zero attached hydrogens (tertiary/aromatic N) is 1. The highest BCUT2D eigenvalue weighted by Gasteiger charge is 2.15. The number of ether oxygens (including phenoxy) is 2. The van der Waals surface area contributed by atoms with Crippen molar-refractivity contribution >= 4 is 10.9 Å². The molecule has 0 bridgehead atoms. The summed E-state index contributed by atoms with van der Waals surface area (Å²) in [6.45, 7) is 0. The van der Waals surface area contributed by atoms with E-state index in [4.69, 9.17) is 9.47 Å². The van der Waals surface area contributed by atoms with Crippen molar-refractivity contribution in [3.05, 3.63) is 58.4 Å². The third-order valence-corrected chi connectivity index (χ3v) is 3.69. The van der Waals surface area contributed by atoms with Gasteiger partial charge in [0.2, 0.25) is 0 Å². The summed E-state index contributed by atoms with van der Waals surface area (Å²) in [6, 6.07) is 14.7. The van der Waals surface area contributed by atoms with Gasteiger partial charge >= 0.3 is 0 Å². The van der Waals surface area contributed by atoms with Crippen LogP contribution in [0.1, 0.15) is 5.56 Å². The number of hydrogen-bond acceptors (Lipinski definition) is 4. The fourth-order valence-corrected chi connectivity index (χ4v) is 2.59. The molecule has 0 amide bonds. The molecule has 0 unspecified atom stereocenters. The first-order valence-corrected chi connectivity index (χ1v) is 6.96. The van der Waals surface area contributed by atoms with Gasteiger partial charge in [-0.2, -0.15) is 5.26 Å². The van der Waals surface area contributed by atoms with E-state index in [1.165, 1.54) is 0 Å². The van der Waals surface area contributed by atoms with Gasteiger partial charge in [-0.1, -0.05) is 12.1 Å². The maximum absolute atomic E-state index is 12.3. The first kappa shape index (κ1) is 14.7. The van der Waals surface area contributed by atoms with E-state index in [1.807, 2.05) is 30.3 Å². The molecule has 0 atom stereocenters. The minimum absolute atomic E-state index is 0.0796. The number of rotatable bonds is 3. The van der Waals surface area contributed by atoms with Gasteiger partial charge in [0.1, 0.15) is 23.1 Å². The lowest BCUT2D eigenvalue weighted by Gasteiger charge is -2.11. The van der Waals surface area contributed by atoms with Crippen LogP contribution in [0.15, 0.2) is 47.3 Å². The highest BCUT2D eigenvalue weighted by molar-refractivity contribution is 5.97. The van der Waals surface area contributed by atoms with Crippen LogP contribution in [0, 0.1) is 11.3 Å². The molecule has 114 valence electrons. The zero-order valence-corrected chi connectivity index (χ0v) is 12.7. The normalized spacial score (nSPS) is 10.3. The highest BCUT2D eigenvalue weighted by atomic mass is 16.5. The number of methoxy groups -OCH3 is 2. The zero-order valence-electron chi connectivity index (χ0n) is 12.7. The van der Waals surface area contributed by atoms with Crippen LogP contribution < -0.4 is 15.0 Å². The molecule has 0 aliphatic heterocycles. The number of nitriles is 1. The van der Waals surface area contributed by atoms with Gasteiger partial charge in [0.15, 0.2) is 0 Å². The molecule has 0 aliphatic carbocycles. The van der Waals surface area contributed by atoms with E-state index in [0.717, 1.165) is 10.9 Å². The lowest BCUT2D eigenvalue weighted by atomic mass is 9.96. The number of H-pyrrole nitrogens is 1. The molecular weight excluding hydrogens is 292 g/mol. The number of nitrogens with one attached hydrogen (secondary N) is 1. The van der Waals surface area contributed by atoms with Crippen LogP contribution in [0.2, 0.25) is 0 Å². The summed E-state index contributed by atoms with van der Waals surface area (Å²) >= 11 is 0. The third kappa shape index (κ3) is 2.51. The first-order valence-electron chi connectivity index (χ1n) is 6.96. The smallest absolute Gasteiger partial charge is 0.266 e. The predicted octanol–water partition coefficient (Wildman–Crippen LogP) is 3.08. The van der Waals surface area contributed by atoms with Gasteiger partial charge in [-0.25, -0.2) is 0 Å². The maximum atomic E-state index is 12.3. The Kier molecular flexibility index (Phi) is 3.73. The Morgan fingerprint density at radius 1 is 1.04 bits per heavy atom. The molecule has 3 rings (SSSR count). The summed E-state index contributed by atoms with van der Waals surface area (Å²) in [6.07, 6.45) is 0. The average Bonchev–Trinajstić information content (AvgIpc) is 2.59. The van der Waals surface area contributed by atoms with Crippen LogP contribution in [0.4, 0.5) is 0 Å². The molecule has 0 aliphatic rings. The van der Waals surface area contributed by atoms with Crippen molar-refractivity contribution in [2.24, 2.45) is 0 Å². The zero-order chi connectivity index (χ0) is 16.4. The Labute approximate surface area is 132 Å². The minimum atomic E-state index is -0.425. The molecule has 0 radical (unpaired) electrons. The second kappa shape index (κ2) is 5.85. The fourth-order valence-electron chi connectivity index (χ4n) is 2.59. The largest absolute Gasteiger partial charge is 0.497 e. The Hall–Kier alpha value is -3.26. The Morgan fingerprint density at radius 2 is 1.78 bits per heavy atom. The average molecular weight is 306 g/mol. The third-order valence-electron chi connectivity index (χ3n) is 3.69. The molecule has 5 heteroatoms. The molecule has 1 heterocycles. The number of aromatic amines is 1. The fraction of sp³-hybridized carbons (Fsp3) is 0.111. The summed E-state index contributed by atoms with van der Waals surface area (Å²) in [5.74, 6) is 1.29. The number of benzene rings is 2. The van der Waals surface area contributed by atoms with E-state index in [2.05, 4.69) is 4.98 Å². The van der Waals surface area contributed by atoms with E-state index in [0.29, 0.717) is 22.6 Å². The van der Waals surface area contributed by atoms with Crippen LogP contribution in [-0.2, 0) is 0 Å². The quantitative estimate of drug-likeness (QED) is 0.807. The summed E-state index contributed by atoms with van der Waals surface area (Å²) in [4.78, 5) is 15.0. The van der Waals surface area contributed by atoms with Crippen molar-refractivity contribution in [2.75, 3.05) is 14.2 Å². The minimum Gasteiger partial charge on any atom is -0.497 e. The molecule has 0 saturated heterocycles. The van der Waals surface area contributed by atoms with Gasteiger partial charge < -0.3 is 14.5 Å². The van der Waals surface area contributed by atoms with Gasteiger partial charge in [-0.05, 0) is 29.8 Å². The van der Waals surface area contributed by atoms with Gasteiger partial charge in [0.05, 0.1) is 19.7 Å². The summed E-state index contributed by atoms with van der Waals surface area (Å²) in [7, 11) is 3.14. The van der Waals surface area contributed by atoms with Crippen LogP contribution in [-0.4, -0.2) is 19.2 Å². The molecule has 0 fully saturated rings. The summed E-state index contributed by atoms with van der Waals surface area (Å²) in [5.41, 5.74) is 1.61. The van der Waals surface area contributed by atoms with Crippen molar-refractivity contribution in [3.63, 3.8) is 0 Å². The number of pyridine rings is 1. The van der Waals surface area contributed by atoms with Crippen molar-refractivity contribution in [3.8, 4) is 28.7 Å². The van der Waals surface area contributed by atoms with E-state index in [-0.39, 0.29) is 5.56 Å². The van der Waals surface area contributed by atoms with Gasteiger partial charge in [0.25, 0.3) is 5.56 Å². The SMILES string of the molecule is COc1cccc(-c2c(C#N)c(=O)[nH]c3cc(OC)ccc23)c1.